The van der Waals surface area contributed by atoms with Crippen LogP contribution >= 0.6 is 11.6 Å². The molecule has 1 aliphatic rings. The minimum atomic E-state index is 0.0619. The summed E-state index contributed by atoms with van der Waals surface area (Å²) in [6.07, 6.45) is 2.44. The van der Waals surface area contributed by atoms with Gasteiger partial charge in [0.1, 0.15) is 0 Å². The second-order valence-corrected chi connectivity index (χ2v) is 4.01. The van der Waals surface area contributed by atoms with Crippen molar-refractivity contribution in [2.24, 2.45) is 0 Å². The number of para-hydroxylation sites is 1. The van der Waals surface area contributed by atoms with Gasteiger partial charge in [0.15, 0.2) is 0 Å². The van der Waals surface area contributed by atoms with Gasteiger partial charge in [-0.25, -0.2) is 0 Å². The van der Waals surface area contributed by atoms with Crippen molar-refractivity contribution in [3.8, 4) is 0 Å². The summed E-state index contributed by atoms with van der Waals surface area (Å²) in [6.45, 7) is 2.17. The molecule has 1 N–H and O–H groups in total. The Labute approximate surface area is 89.1 Å². The van der Waals surface area contributed by atoms with Gasteiger partial charge in [-0.1, -0.05) is 23.7 Å². The summed E-state index contributed by atoms with van der Waals surface area (Å²) in [5.74, 6) is 0. The quantitative estimate of drug-likeness (QED) is 0.812. The van der Waals surface area contributed by atoms with Gasteiger partial charge < -0.3 is 10.0 Å². The van der Waals surface area contributed by atoms with E-state index in [0.717, 1.165) is 29.4 Å². The van der Waals surface area contributed by atoms with E-state index in [1.807, 2.05) is 18.2 Å². The fourth-order valence-corrected chi connectivity index (χ4v) is 2.30. The molecule has 0 atom stereocenters. The lowest BCUT2D eigenvalue weighted by atomic mass is 10.1. The fraction of sp³-hybridized carbons (Fsp3) is 0.455. The van der Waals surface area contributed by atoms with Gasteiger partial charge >= 0.3 is 0 Å². The molecule has 1 aliphatic heterocycles. The standard InChI is InChI=1S/C11H14ClNO/c12-10-5-3-4-9(8-14)11(10)13-6-1-2-7-13/h3-5,14H,1-2,6-8H2. The Morgan fingerprint density at radius 3 is 2.64 bits per heavy atom. The Morgan fingerprint density at radius 2 is 2.00 bits per heavy atom. The largest absolute Gasteiger partial charge is 0.392 e. The lowest BCUT2D eigenvalue weighted by Gasteiger charge is -2.21. The normalized spacial score (nSPS) is 16.3. The summed E-state index contributed by atoms with van der Waals surface area (Å²) >= 11 is 6.14. The van der Waals surface area contributed by atoms with E-state index in [0.29, 0.717) is 0 Å². The number of rotatable bonds is 2. The average molecular weight is 212 g/mol. The highest BCUT2D eigenvalue weighted by atomic mass is 35.5. The third-order valence-corrected chi connectivity index (χ3v) is 2.97. The minimum Gasteiger partial charge on any atom is -0.392 e. The highest BCUT2D eigenvalue weighted by Crippen LogP contribution is 2.32. The maximum atomic E-state index is 9.22. The number of hydrogen-bond acceptors (Lipinski definition) is 2. The number of aliphatic hydroxyl groups excluding tert-OH is 1. The van der Waals surface area contributed by atoms with Crippen molar-refractivity contribution in [2.75, 3.05) is 18.0 Å². The lowest BCUT2D eigenvalue weighted by molar-refractivity contribution is 0.282. The second kappa shape index (κ2) is 4.20. The van der Waals surface area contributed by atoms with Crippen molar-refractivity contribution >= 4 is 17.3 Å². The van der Waals surface area contributed by atoms with Gasteiger partial charge in [0.25, 0.3) is 0 Å². The summed E-state index contributed by atoms with van der Waals surface area (Å²) in [4.78, 5) is 2.26. The SMILES string of the molecule is OCc1cccc(Cl)c1N1CCCC1. The average Bonchev–Trinajstić information content (AvgIpc) is 2.70. The Kier molecular flexibility index (Phi) is 2.94. The zero-order valence-corrected chi connectivity index (χ0v) is 8.80. The van der Waals surface area contributed by atoms with Gasteiger partial charge in [0.05, 0.1) is 17.3 Å². The Hall–Kier alpha value is -0.730. The van der Waals surface area contributed by atoms with Crippen LogP contribution in [0.2, 0.25) is 5.02 Å². The van der Waals surface area contributed by atoms with E-state index >= 15 is 0 Å². The summed E-state index contributed by atoms with van der Waals surface area (Å²) in [6, 6.07) is 5.70. The molecular weight excluding hydrogens is 198 g/mol. The molecule has 3 heteroatoms. The van der Waals surface area contributed by atoms with E-state index < -0.39 is 0 Å². The maximum Gasteiger partial charge on any atom is 0.0702 e. The highest BCUT2D eigenvalue weighted by molar-refractivity contribution is 6.33. The molecule has 14 heavy (non-hydrogen) atoms. The molecule has 2 nitrogen and oxygen atoms in total. The van der Waals surface area contributed by atoms with Gasteiger partial charge in [0, 0.05) is 18.7 Å². The maximum absolute atomic E-state index is 9.22. The van der Waals surface area contributed by atoms with E-state index in [4.69, 9.17) is 11.6 Å². The van der Waals surface area contributed by atoms with Gasteiger partial charge in [-0.05, 0) is 18.9 Å². The van der Waals surface area contributed by atoms with Gasteiger partial charge in [-0.3, -0.25) is 0 Å². The van der Waals surface area contributed by atoms with Crippen LogP contribution in [0.1, 0.15) is 18.4 Å². The fourth-order valence-electron chi connectivity index (χ4n) is 1.98. The van der Waals surface area contributed by atoms with Crippen molar-refractivity contribution < 1.29 is 5.11 Å². The molecule has 0 unspecified atom stereocenters. The topological polar surface area (TPSA) is 23.5 Å². The molecule has 2 rings (SSSR count). The molecule has 0 saturated carbocycles. The summed E-state index contributed by atoms with van der Waals surface area (Å²) in [5.41, 5.74) is 1.95. The van der Waals surface area contributed by atoms with Crippen LogP contribution in [0.25, 0.3) is 0 Å². The third kappa shape index (κ3) is 1.72. The smallest absolute Gasteiger partial charge is 0.0702 e. The van der Waals surface area contributed by atoms with Crippen LogP contribution < -0.4 is 4.90 Å². The van der Waals surface area contributed by atoms with Crippen molar-refractivity contribution in [1.82, 2.24) is 0 Å². The summed E-state index contributed by atoms with van der Waals surface area (Å²) in [5, 5.41) is 9.97. The van der Waals surface area contributed by atoms with Crippen molar-refractivity contribution in [2.45, 2.75) is 19.4 Å². The van der Waals surface area contributed by atoms with Crippen LogP contribution in [-0.2, 0) is 6.61 Å². The van der Waals surface area contributed by atoms with Crippen molar-refractivity contribution in [1.29, 1.82) is 0 Å². The van der Waals surface area contributed by atoms with E-state index in [-0.39, 0.29) is 6.61 Å². The van der Waals surface area contributed by atoms with Gasteiger partial charge in [0.2, 0.25) is 0 Å². The van der Waals surface area contributed by atoms with E-state index in [1.54, 1.807) is 0 Å². The monoisotopic (exact) mass is 211 g/mol. The first kappa shape index (κ1) is 9.81. The minimum absolute atomic E-state index is 0.0619. The first-order valence-corrected chi connectivity index (χ1v) is 5.34. The Balaban J connectivity index is 2.37. The van der Waals surface area contributed by atoms with Crippen molar-refractivity contribution in [3.63, 3.8) is 0 Å². The Morgan fingerprint density at radius 1 is 1.29 bits per heavy atom. The molecule has 1 aromatic carbocycles. The molecule has 1 saturated heterocycles. The number of halogens is 1. The summed E-state index contributed by atoms with van der Waals surface area (Å²) < 4.78 is 0. The van der Waals surface area contributed by atoms with Gasteiger partial charge in [-0.2, -0.15) is 0 Å². The van der Waals surface area contributed by atoms with Crippen LogP contribution in [0.4, 0.5) is 5.69 Å². The van der Waals surface area contributed by atoms with E-state index in [2.05, 4.69) is 4.90 Å². The number of anilines is 1. The van der Waals surface area contributed by atoms with Crippen LogP contribution in [0.5, 0.6) is 0 Å². The number of benzene rings is 1. The first-order chi connectivity index (χ1) is 6.83. The number of nitrogens with zero attached hydrogens (tertiary/aromatic N) is 1. The van der Waals surface area contributed by atoms with E-state index in [1.165, 1.54) is 12.8 Å². The predicted molar refractivity (Wildman–Crippen MR) is 58.8 cm³/mol. The third-order valence-electron chi connectivity index (χ3n) is 2.66. The van der Waals surface area contributed by atoms with Crippen LogP contribution in [0.3, 0.4) is 0 Å². The molecule has 1 aromatic rings. The summed E-state index contributed by atoms with van der Waals surface area (Å²) in [7, 11) is 0. The molecule has 1 fully saturated rings. The van der Waals surface area contributed by atoms with Crippen LogP contribution in [0.15, 0.2) is 18.2 Å². The highest BCUT2D eigenvalue weighted by Gasteiger charge is 2.17. The Bertz CT molecular complexity index is 321. The first-order valence-electron chi connectivity index (χ1n) is 4.96. The molecule has 0 bridgehead atoms. The molecule has 0 spiro atoms. The van der Waals surface area contributed by atoms with E-state index in [9.17, 15) is 5.11 Å². The van der Waals surface area contributed by atoms with Crippen LogP contribution in [0, 0.1) is 0 Å². The second-order valence-electron chi connectivity index (χ2n) is 3.60. The molecule has 0 aromatic heterocycles. The molecule has 0 radical (unpaired) electrons. The predicted octanol–water partition coefficient (Wildman–Crippen LogP) is 2.43. The van der Waals surface area contributed by atoms with Crippen LogP contribution in [-0.4, -0.2) is 18.2 Å². The zero-order valence-electron chi connectivity index (χ0n) is 8.04. The molecule has 1 heterocycles. The number of aliphatic hydroxyl groups is 1. The van der Waals surface area contributed by atoms with Crippen molar-refractivity contribution in [3.05, 3.63) is 28.8 Å². The lowest BCUT2D eigenvalue weighted by Crippen LogP contribution is -2.19. The number of hydrogen-bond donors (Lipinski definition) is 1. The molecule has 0 amide bonds. The molecule has 0 aliphatic carbocycles. The molecular formula is C11H14ClNO. The van der Waals surface area contributed by atoms with Gasteiger partial charge in [-0.15, -0.1) is 0 Å². The molecule has 76 valence electrons. The zero-order chi connectivity index (χ0) is 9.97.